The van der Waals surface area contributed by atoms with Crippen molar-refractivity contribution < 1.29 is 4.79 Å². The molecule has 2 aliphatic rings. The minimum absolute atomic E-state index is 0.0331. The minimum atomic E-state index is -0.220. The fourth-order valence-corrected chi connectivity index (χ4v) is 4.02. The Morgan fingerprint density at radius 2 is 1.74 bits per heavy atom. The van der Waals surface area contributed by atoms with Crippen LogP contribution < -0.4 is 21.1 Å². The number of carbonyl (C=O) groups is 1. The number of nitrogens with zero attached hydrogens (tertiary/aromatic N) is 1. The lowest BCUT2D eigenvalue weighted by molar-refractivity contribution is -0.123. The quantitative estimate of drug-likeness (QED) is 0.683. The van der Waals surface area contributed by atoms with Gasteiger partial charge in [-0.3, -0.25) is 4.79 Å². The highest BCUT2D eigenvalue weighted by Crippen LogP contribution is 2.24. The van der Waals surface area contributed by atoms with Gasteiger partial charge in [0.05, 0.1) is 0 Å². The number of hydrogen-bond acceptors (Lipinski definition) is 4. The van der Waals surface area contributed by atoms with E-state index in [-0.39, 0.29) is 18.0 Å². The molecule has 2 heterocycles. The van der Waals surface area contributed by atoms with Crippen LogP contribution in [0.1, 0.15) is 36.4 Å². The molecule has 0 saturated carbocycles. The fraction of sp³-hybridized carbons (Fsp3) is 0.381. The van der Waals surface area contributed by atoms with Gasteiger partial charge in [-0.25, -0.2) is 10.9 Å². The second-order valence-electron chi connectivity index (χ2n) is 7.26. The second kappa shape index (κ2) is 8.42. The largest absolute Gasteiger partial charge is 0.372 e. The summed E-state index contributed by atoms with van der Waals surface area (Å²) in [6.07, 6.45) is 3.30. The number of anilines is 1. The van der Waals surface area contributed by atoms with E-state index < -0.39 is 0 Å². The predicted octanol–water partition coefficient (Wildman–Crippen LogP) is 3.27. The average Bonchev–Trinajstić information content (AvgIpc) is 3.39. The topological polar surface area (TPSA) is 56.4 Å². The molecule has 4 rings (SSSR count). The molecule has 2 saturated heterocycles. The van der Waals surface area contributed by atoms with Crippen molar-refractivity contribution in [1.29, 1.82) is 0 Å². The summed E-state index contributed by atoms with van der Waals surface area (Å²) < 4.78 is 1.06. The summed E-state index contributed by atoms with van der Waals surface area (Å²) in [5, 5.41) is 3.05. The molecule has 0 bridgehead atoms. The lowest BCUT2D eigenvalue weighted by Crippen LogP contribution is -2.42. The standard InChI is InChI=1S/C21H25BrN4O/c22-17-7-5-16(6-8-17)19-13-20(25-24-19)21(27)23-14-15-3-9-18(10-4-15)26-11-1-2-12-26/h3-10,19-20,24-25H,1-2,11-14H2,(H,23,27). The number of benzene rings is 2. The molecule has 2 fully saturated rings. The maximum absolute atomic E-state index is 12.5. The van der Waals surface area contributed by atoms with Crippen molar-refractivity contribution in [2.24, 2.45) is 0 Å². The van der Waals surface area contributed by atoms with Crippen LogP contribution in [0.2, 0.25) is 0 Å². The SMILES string of the molecule is O=C(NCc1ccc(N2CCCC2)cc1)C1CC(c2ccc(Br)cc2)NN1. The zero-order valence-corrected chi connectivity index (χ0v) is 16.8. The smallest absolute Gasteiger partial charge is 0.238 e. The minimum Gasteiger partial charge on any atom is -0.372 e. The molecule has 2 aliphatic heterocycles. The maximum atomic E-state index is 12.5. The zero-order chi connectivity index (χ0) is 18.6. The number of hydrogen-bond donors (Lipinski definition) is 3. The van der Waals surface area contributed by atoms with Gasteiger partial charge in [0.1, 0.15) is 6.04 Å². The average molecular weight is 429 g/mol. The Labute approximate surface area is 168 Å². The highest BCUT2D eigenvalue weighted by molar-refractivity contribution is 9.10. The van der Waals surface area contributed by atoms with E-state index in [0.717, 1.165) is 29.5 Å². The Hall–Kier alpha value is -1.89. The number of carbonyl (C=O) groups excluding carboxylic acids is 1. The molecule has 5 nitrogen and oxygen atoms in total. The Bertz CT molecular complexity index is 772. The summed E-state index contributed by atoms with van der Waals surface area (Å²) in [5.74, 6) is 0.0331. The van der Waals surface area contributed by atoms with Crippen molar-refractivity contribution >= 4 is 27.5 Å². The summed E-state index contributed by atoms with van der Waals surface area (Å²) in [6.45, 7) is 2.85. The molecule has 0 aliphatic carbocycles. The van der Waals surface area contributed by atoms with Crippen LogP contribution in [-0.2, 0) is 11.3 Å². The van der Waals surface area contributed by atoms with Gasteiger partial charge in [0.25, 0.3) is 0 Å². The van der Waals surface area contributed by atoms with E-state index >= 15 is 0 Å². The van der Waals surface area contributed by atoms with Crippen molar-refractivity contribution in [3.63, 3.8) is 0 Å². The van der Waals surface area contributed by atoms with Crippen LogP contribution in [0.4, 0.5) is 5.69 Å². The Balaban J connectivity index is 1.27. The normalized spacial score (nSPS) is 22.2. The first-order chi connectivity index (χ1) is 13.2. The maximum Gasteiger partial charge on any atom is 0.238 e. The van der Waals surface area contributed by atoms with Crippen molar-refractivity contribution in [3.8, 4) is 0 Å². The molecule has 0 radical (unpaired) electrons. The van der Waals surface area contributed by atoms with Crippen molar-refractivity contribution in [3.05, 3.63) is 64.1 Å². The summed E-state index contributed by atoms with van der Waals surface area (Å²) in [7, 11) is 0. The van der Waals surface area contributed by atoms with Crippen molar-refractivity contribution in [2.75, 3.05) is 18.0 Å². The molecule has 27 heavy (non-hydrogen) atoms. The van der Waals surface area contributed by atoms with Gasteiger partial charge in [-0.15, -0.1) is 0 Å². The lowest BCUT2D eigenvalue weighted by Gasteiger charge is -2.18. The van der Waals surface area contributed by atoms with Gasteiger partial charge in [0, 0.05) is 35.8 Å². The molecule has 0 aromatic heterocycles. The number of nitrogens with one attached hydrogen (secondary N) is 3. The number of hydrazine groups is 1. The van der Waals surface area contributed by atoms with Gasteiger partial charge in [0.15, 0.2) is 0 Å². The third-order valence-corrected chi connectivity index (χ3v) is 5.90. The third-order valence-electron chi connectivity index (χ3n) is 5.37. The molecular formula is C21H25BrN4O. The summed E-state index contributed by atoms with van der Waals surface area (Å²) in [6, 6.07) is 16.7. The molecule has 2 atom stereocenters. The molecule has 1 amide bonds. The Morgan fingerprint density at radius 1 is 1.04 bits per heavy atom. The summed E-state index contributed by atoms with van der Waals surface area (Å²) >= 11 is 3.45. The summed E-state index contributed by atoms with van der Waals surface area (Å²) in [4.78, 5) is 14.9. The van der Waals surface area contributed by atoms with Gasteiger partial charge < -0.3 is 10.2 Å². The monoisotopic (exact) mass is 428 g/mol. The van der Waals surface area contributed by atoms with Crippen LogP contribution in [0.5, 0.6) is 0 Å². The molecule has 142 valence electrons. The van der Waals surface area contributed by atoms with Crippen molar-refractivity contribution in [1.82, 2.24) is 16.2 Å². The van der Waals surface area contributed by atoms with Crippen LogP contribution in [0.25, 0.3) is 0 Å². The molecule has 2 unspecified atom stereocenters. The highest BCUT2D eigenvalue weighted by Gasteiger charge is 2.29. The highest BCUT2D eigenvalue weighted by atomic mass is 79.9. The number of halogens is 1. The van der Waals surface area contributed by atoms with Gasteiger partial charge in [-0.2, -0.15) is 0 Å². The molecule has 2 aromatic rings. The van der Waals surface area contributed by atoms with Crippen LogP contribution in [-0.4, -0.2) is 25.0 Å². The number of amides is 1. The third kappa shape index (κ3) is 4.51. The first-order valence-electron chi connectivity index (χ1n) is 9.57. The zero-order valence-electron chi connectivity index (χ0n) is 15.2. The molecular weight excluding hydrogens is 404 g/mol. The molecule has 2 aromatic carbocycles. The van der Waals surface area contributed by atoms with Crippen molar-refractivity contribution in [2.45, 2.75) is 37.9 Å². The van der Waals surface area contributed by atoms with Gasteiger partial charge >= 0.3 is 0 Å². The van der Waals surface area contributed by atoms with E-state index in [1.54, 1.807) is 0 Å². The van der Waals surface area contributed by atoms with Gasteiger partial charge in [-0.05, 0) is 54.7 Å². The molecule has 0 spiro atoms. The molecule has 6 heteroatoms. The summed E-state index contributed by atoms with van der Waals surface area (Å²) in [5.41, 5.74) is 9.94. The first-order valence-corrected chi connectivity index (χ1v) is 10.4. The van der Waals surface area contributed by atoms with E-state index in [2.05, 4.69) is 73.4 Å². The molecule has 3 N–H and O–H groups in total. The first kappa shape index (κ1) is 18.5. The van der Waals surface area contributed by atoms with Crippen LogP contribution in [0, 0.1) is 0 Å². The Morgan fingerprint density at radius 3 is 2.44 bits per heavy atom. The van der Waals surface area contributed by atoms with E-state index in [1.165, 1.54) is 24.1 Å². The Kier molecular flexibility index (Phi) is 5.76. The van der Waals surface area contributed by atoms with Gasteiger partial charge in [-0.1, -0.05) is 40.2 Å². The van der Waals surface area contributed by atoms with Crippen LogP contribution in [0.15, 0.2) is 53.0 Å². The second-order valence-corrected chi connectivity index (χ2v) is 8.18. The van der Waals surface area contributed by atoms with Crippen LogP contribution in [0.3, 0.4) is 0 Å². The van der Waals surface area contributed by atoms with E-state index in [1.807, 2.05) is 12.1 Å². The van der Waals surface area contributed by atoms with Gasteiger partial charge in [0.2, 0.25) is 5.91 Å². The van der Waals surface area contributed by atoms with E-state index in [4.69, 9.17) is 0 Å². The predicted molar refractivity (Wildman–Crippen MR) is 111 cm³/mol. The lowest BCUT2D eigenvalue weighted by atomic mass is 10.0. The fourth-order valence-electron chi connectivity index (χ4n) is 3.75. The number of rotatable bonds is 5. The van der Waals surface area contributed by atoms with E-state index in [0.29, 0.717) is 6.54 Å². The van der Waals surface area contributed by atoms with Crippen LogP contribution >= 0.6 is 15.9 Å². The van der Waals surface area contributed by atoms with E-state index in [9.17, 15) is 4.79 Å².